The molecule has 0 amide bonds. The van der Waals surface area contributed by atoms with E-state index < -0.39 is 0 Å². The highest BCUT2D eigenvalue weighted by Gasteiger charge is 2.09. The molecule has 1 heteroatoms. The average molecular weight is 181 g/mol. The summed E-state index contributed by atoms with van der Waals surface area (Å²) in [5.41, 5.74) is 2.22. The summed E-state index contributed by atoms with van der Waals surface area (Å²) in [5.74, 6) is 2.74. The highest BCUT2D eigenvalue weighted by Crippen LogP contribution is 2.22. The SMILES string of the molecule is C#Cc1c(C#N)cccc1C(C)C=C. The maximum absolute atomic E-state index is 8.86. The monoisotopic (exact) mass is 181 g/mol. The molecule has 1 rings (SSSR count). The minimum absolute atomic E-state index is 0.175. The number of rotatable bonds is 2. The van der Waals surface area contributed by atoms with Crippen molar-refractivity contribution >= 4 is 0 Å². The summed E-state index contributed by atoms with van der Waals surface area (Å²) < 4.78 is 0. The second kappa shape index (κ2) is 4.30. The van der Waals surface area contributed by atoms with Crippen LogP contribution in [0.3, 0.4) is 0 Å². The minimum atomic E-state index is 0.175. The van der Waals surface area contributed by atoms with Crippen LogP contribution in [0.15, 0.2) is 30.9 Å². The quantitative estimate of drug-likeness (QED) is 0.508. The summed E-state index contributed by atoms with van der Waals surface area (Å²) in [6.45, 7) is 5.72. The van der Waals surface area contributed by atoms with Gasteiger partial charge in [0.1, 0.15) is 6.07 Å². The van der Waals surface area contributed by atoms with Crippen LogP contribution < -0.4 is 0 Å². The van der Waals surface area contributed by atoms with E-state index in [0.29, 0.717) is 11.1 Å². The van der Waals surface area contributed by atoms with Crippen molar-refractivity contribution in [3.63, 3.8) is 0 Å². The third kappa shape index (κ3) is 1.68. The molecule has 1 atom stereocenters. The van der Waals surface area contributed by atoms with Crippen LogP contribution in [0.5, 0.6) is 0 Å². The van der Waals surface area contributed by atoms with Crippen LogP contribution in [0.1, 0.15) is 29.5 Å². The lowest BCUT2D eigenvalue weighted by Gasteiger charge is -2.09. The summed E-state index contributed by atoms with van der Waals surface area (Å²) in [6.07, 6.45) is 7.20. The van der Waals surface area contributed by atoms with E-state index in [9.17, 15) is 0 Å². The molecule has 0 aromatic heterocycles. The summed E-state index contributed by atoms with van der Waals surface area (Å²) in [7, 11) is 0. The lowest BCUT2D eigenvalue weighted by molar-refractivity contribution is 0.965. The Morgan fingerprint density at radius 1 is 1.57 bits per heavy atom. The lowest BCUT2D eigenvalue weighted by Crippen LogP contribution is -1.96. The van der Waals surface area contributed by atoms with E-state index in [2.05, 4.69) is 18.6 Å². The zero-order chi connectivity index (χ0) is 10.6. The van der Waals surface area contributed by atoms with Crippen LogP contribution in [0, 0.1) is 23.7 Å². The Hall–Kier alpha value is -1.99. The van der Waals surface area contributed by atoms with Crippen molar-refractivity contribution < 1.29 is 0 Å². The Bertz CT molecular complexity index is 430. The standard InChI is InChI=1S/C13H11N/c1-4-10(3)13-8-6-7-11(9-14)12(13)5-2/h2,4,6-8,10H,1H2,3H3. The van der Waals surface area contributed by atoms with E-state index in [1.807, 2.05) is 25.1 Å². The molecule has 0 aliphatic rings. The molecule has 14 heavy (non-hydrogen) atoms. The van der Waals surface area contributed by atoms with Crippen molar-refractivity contribution in [3.8, 4) is 18.4 Å². The largest absolute Gasteiger partial charge is 0.192 e. The van der Waals surface area contributed by atoms with Gasteiger partial charge in [-0.15, -0.1) is 13.0 Å². The van der Waals surface area contributed by atoms with E-state index >= 15 is 0 Å². The molecule has 1 unspecified atom stereocenters. The molecule has 0 N–H and O–H groups in total. The molecule has 0 aliphatic carbocycles. The predicted octanol–water partition coefficient (Wildman–Crippen LogP) is 2.83. The molecule has 1 aromatic rings. The average Bonchev–Trinajstić information content (AvgIpc) is 2.26. The van der Waals surface area contributed by atoms with E-state index in [0.717, 1.165) is 5.56 Å². The van der Waals surface area contributed by atoms with Crippen molar-refractivity contribution in [2.45, 2.75) is 12.8 Å². The van der Waals surface area contributed by atoms with Gasteiger partial charge < -0.3 is 0 Å². The van der Waals surface area contributed by atoms with Gasteiger partial charge in [0, 0.05) is 5.56 Å². The second-order valence-corrected chi connectivity index (χ2v) is 3.05. The molecular weight excluding hydrogens is 170 g/mol. The van der Waals surface area contributed by atoms with E-state index in [-0.39, 0.29) is 5.92 Å². The molecule has 0 heterocycles. The normalized spacial score (nSPS) is 11.1. The minimum Gasteiger partial charge on any atom is -0.192 e. The van der Waals surface area contributed by atoms with Crippen molar-refractivity contribution in [1.29, 1.82) is 5.26 Å². The predicted molar refractivity (Wildman–Crippen MR) is 57.7 cm³/mol. The molecule has 0 radical (unpaired) electrons. The molecule has 0 bridgehead atoms. The summed E-state index contributed by atoms with van der Waals surface area (Å²) in [6, 6.07) is 7.59. The molecule has 0 saturated carbocycles. The van der Waals surface area contributed by atoms with Gasteiger partial charge >= 0.3 is 0 Å². The highest BCUT2D eigenvalue weighted by molar-refractivity contribution is 5.53. The third-order valence-electron chi connectivity index (χ3n) is 2.21. The van der Waals surface area contributed by atoms with Gasteiger partial charge in [0.25, 0.3) is 0 Å². The van der Waals surface area contributed by atoms with Crippen LogP contribution >= 0.6 is 0 Å². The number of nitrogens with zero attached hydrogens (tertiary/aromatic N) is 1. The fourth-order valence-electron chi connectivity index (χ4n) is 1.33. The first-order valence-corrected chi connectivity index (χ1v) is 4.36. The highest BCUT2D eigenvalue weighted by atomic mass is 14.2. The molecule has 0 saturated heterocycles. The van der Waals surface area contributed by atoms with Gasteiger partial charge in [-0.1, -0.05) is 31.1 Å². The van der Waals surface area contributed by atoms with E-state index in [4.69, 9.17) is 11.7 Å². The van der Waals surface area contributed by atoms with E-state index in [1.165, 1.54) is 0 Å². The first-order chi connectivity index (χ1) is 6.74. The fraction of sp³-hybridized carbons (Fsp3) is 0.154. The third-order valence-corrected chi connectivity index (χ3v) is 2.21. The first-order valence-electron chi connectivity index (χ1n) is 4.36. The van der Waals surface area contributed by atoms with Crippen LogP contribution in [0.4, 0.5) is 0 Å². The van der Waals surface area contributed by atoms with E-state index in [1.54, 1.807) is 6.07 Å². The number of hydrogen-bond donors (Lipinski definition) is 0. The molecule has 68 valence electrons. The van der Waals surface area contributed by atoms with Crippen LogP contribution in [0.25, 0.3) is 0 Å². The van der Waals surface area contributed by atoms with Crippen molar-refractivity contribution in [2.75, 3.05) is 0 Å². The Labute approximate surface area is 84.7 Å². The number of benzene rings is 1. The van der Waals surface area contributed by atoms with Crippen molar-refractivity contribution in [2.24, 2.45) is 0 Å². The first kappa shape index (κ1) is 10.1. The van der Waals surface area contributed by atoms with Gasteiger partial charge in [-0.3, -0.25) is 0 Å². The Balaban J connectivity index is 3.40. The van der Waals surface area contributed by atoms with Gasteiger partial charge in [-0.2, -0.15) is 5.26 Å². The summed E-state index contributed by atoms with van der Waals surface area (Å²) in [4.78, 5) is 0. The summed E-state index contributed by atoms with van der Waals surface area (Å²) in [5, 5.41) is 8.86. The topological polar surface area (TPSA) is 23.8 Å². The Morgan fingerprint density at radius 3 is 2.79 bits per heavy atom. The molecule has 0 fully saturated rings. The van der Waals surface area contributed by atoms with Gasteiger partial charge in [0.05, 0.1) is 5.56 Å². The molecular formula is C13H11N. The molecule has 1 aromatic carbocycles. The van der Waals surface area contributed by atoms with Crippen LogP contribution in [0.2, 0.25) is 0 Å². The van der Waals surface area contributed by atoms with Gasteiger partial charge in [0.15, 0.2) is 0 Å². The van der Waals surface area contributed by atoms with Gasteiger partial charge in [-0.05, 0) is 17.5 Å². The molecule has 0 spiro atoms. The zero-order valence-electron chi connectivity index (χ0n) is 8.12. The fourth-order valence-corrected chi connectivity index (χ4v) is 1.33. The second-order valence-electron chi connectivity index (χ2n) is 3.05. The molecule has 0 aliphatic heterocycles. The maximum Gasteiger partial charge on any atom is 0.100 e. The van der Waals surface area contributed by atoms with Gasteiger partial charge in [-0.25, -0.2) is 0 Å². The molecule has 1 nitrogen and oxygen atoms in total. The Kier molecular flexibility index (Phi) is 3.10. The zero-order valence-corrected chi connectivity index (χ0v) is 8.12. The number of nitriles is 1. The van der Waals surface area contributed by atoms with Crippen LogP contribution in [-0.4, -0.2) is 0 Å². The van der Waals surface area contributed by atoms with Crippen molar-refractivity contribution in [1.82, 2.24) is 0 Å². The smallest absolute Gasteiger partial charge is 0.100 e. The number of hydrogen-bond acceptors (Lipinski definition) is 1. The lowest BCUT2D eigenvalue weighted by atomic mass is 9.93. The van der Waals surface area contributed by atoms with Crippen molar-refractivity contribution in [3.05, 3.63) is 47.5 Å². The van der Waals surface area contributed by atoms with Gasteiger partial charge in [0.2, 0.25) is 0 Å². The van der Waals surface area contributed by atoms with Crippen LogP contribution in [-0.2, 0) is 0 Å². The maximum atomic E-state index is 8.86. The summed E-state index contributed by atoms with van der Waals surface area (Å²) >= 11 is 0. The number of terminal acetylenes is 1. The number of allylic oxidation sites excluding steroid dienone is 1. The Morgan fingerprint density at radius 2 is 2.29 bits per heavy atom.